The SMILES string of the molecule is Cl.Cl.NC1(C(=O)O)CCN(Cc2ccccc2)CC1. The van der Waals surface area contributed by atoms with Crippen LogP contribution in [0.3, 0.4) is 0 Å². The quantitative estimate of drug-likeness (QED) is 0.895. The lowest BCUT2D eigenvalue weighted by Crippen LogP contribution is -2.55. The summed E-state index contributed by atoms with van der Waals surface area (Å²) in [7, 11) is 0. The first kappa shape index (κ1) is 18.2. The lowest BCUT2D eigenvalue weighted by atomic mass is 9.88. The molecule has 0 aliphatic carbocycles. The standard InChI is InChI=1S/C13H18N2O2.2ClH/c14-13(12(16)17)6-8-15(9-7-13)10-11-4-2-1-3-5-11;;/h1-5H,6-10,14H2,(H,16,17);2*1H. The molecule has 1 aliphatic rings. The second-order valence-corrected chi connectivity index (χ2v) is 4.72. The van der Waals surface area contributed by atoms with Gasteiger partial charge in [0.1, 0.15) is 5.54 Å². The first-order valence-corrected chi connectivity index (χ1v) is 5.89. The molecule has 1 heterocycles. The number of nitrogens with zero attached hydrogens (tertiary/aromatic N) is 1. The van der Waals surface area contributed by atoms with Crippen LogP contribution in [0, 0.1) is 0 Å². The van der Waals surface area contributed by atoms with Gasteiger partial charge in [-0.25, -0.2) is 0 Å². The van der Waals surface area contributed by atoms with Crippen molar-refractivity contribution >= 4 is 30.8 Å². The number of benzene rings is 1. The molecule has 1 aromatic carbocycles. The van der Waals surface area contributed by atoms with E-state index in [4.69, 9.17) is 10.8 Å². The number of hydrogen-bond donors (Lipinski definition) is 2. The van der Waals surface area contributed by atoms with Crippen LogP contribution >= 0.6 is 24.8 Å². The number of aliphatic carboxylic acids is 1. The second-order valence-electron chi connectivity index (χ2n) is 4.72. The van der Waals surface area contributed by atoms with Crippen molar-refractivity contribution in [2.45, 2.75) is 24.9 Å². The van der Waals surface area contributed by atoms with Crippen LogP contribution in [0.25, 0.3) is 0 Å². The topological polar surface area (TPSA) is 66.6 Å². The third-order valence-corrected chi connectivity index (χ3v) is 3.42. The highest BCUT2D eigenvalue weighted by atomic mass is 35.5. The predicted octanol–water partition coefficient (Wildman–Crippen LogP) is 1.91. The molecule has 1 aliphatic heterocycles. The Morgan fingerprint density at radius 2 is 1.74 bits per heavy atom. The molecule has 0 bridgehead atoms. The van der Waals surface area contributed by atoms with Gasteiger partial charge in [-0.05, 0) is 18.4 Å². The minimum Gasteiger partial charge on any atom is -0.480 e. The van der Waals surface area contributed by atoms with Gasteiger partial charge in [0.25, 0.3) is 0 Å². The number of nitrogens with two attached hydrogens (primary N) is 1. The Balaban J connectivity index is 0.00000162. The monoisotopic (exact) mass is 306 g/mol. The molecule has 2 rings (SSSR count). The van der Waals surface area contributed by atoms with Crippen LogP contribution in [0.4, 0.5) is 0 Å². The Kier molecular flexibility index (Phi) is 7.37. The highest BCUT2D eigenvalue weighted by Gasteiger charge is 2.37. The maximum Gasteiger partial charge on any atom is 0.323 e. The van der Waals surface area contributed by atoms with Gasteiger partial charge in [-0.2, -0.15) is 0 Å². The van der Waals surface area contributed by atoms with E-state index < -0.39 is 11.5 Å². The van der Waals surface area contributed by atoms with Crippen LogP contribution < -0.4 is 5.73 Å². The van der Waals surface area contributed by atoms with Crippen molar-refractivity contribution in [1.29, 1.82) is 0 Å². The van der Waals surface area contributed by atoms with Crippen molar-refractivity contribution in [2.24, 2.45) is 5.73 Å². The molecule has 6 heteroatoms. The minimum absolute atomic E-state index is 0. The van der Waals surface area contributed by atoms with E-state index in [1.54, 1.807) is 0 Å². The lowest BCUT2D eigenvalue weighted by molar-refractivity contribution is -0.145. The molecule has 1 saturated heterocycles. The van der Waals surface area contributed by atoms with Crippen molar-refractivity contribution in [3.05, 3.63) is 35.9 Å². The van der Waals surface area contributed by atoms with Gasteiger partial charge in [-0.1, -0.05) is 30.3 Å². The largest absolute Gasteiger partial charge is 0.480 e. The average molecular weight is 307 g/mol. The van der Waals surface area contributed by atoms with Gasteiger partial charge >= 0.3 is 5.97 Å². The van der Waals surface area contributed by atoms with Crippen molar-refractivity contribution in [3.63, 3.8) is 0 Å². The molecule has 0 atom stereocenters. The molecule has 108 valence electrons. The Labute approximate surface area is 125 Å². The molecule has 0 radical (unpaired) electrons. The molecule has 0 amide bonds. The number of likely N-dealkylation sites (tertiary alicyclic amines) is 1. The minimum atomic E-state index is -1.02. The Hall–Kier alpha value is -0.810. The Morgan fingerprint density at radius 1 is 1.21 bits per heavy atom. The zero-order valence-electron chi connectivity index (χ0n) is 10.6. The van der Waals surface area contributed by atoms with Crippen molar-refractivity contribution in [2.75, 3.05) is 13.1 Å². The maximum atomic E-state index is 11.0. The number of piperidine rings is 1. The van der Waals surface area contributed by atoms with Crippen molar-refractivity contribution in [3.8, 4) is 0 Å². The summed E-state index contributed by atoms with van der Waals surface area (Å²) in [5, 5.41) is 9.03. The fraction of sp³-hybridized carbons (Fsp3) is 0.462. The van der Waals surface area contributed by atoms with E-state index in [1.165, 1.54) is 5.56 Å². The number of carboxylic acids is 1. The number of carbonyl (C=O) groups is 1. The molecular weight excluding hydrogens is 287 g/mol. The van der Waals surface area contributed by atoms with E-state index in [0.717, 1.165) is 19.6 Å². The molecule has 4 nitrogen and oxygen atoms in total. The fourth-order valence-corrected chi connectivity index (χ4v) is 2.17. The zero-order valence-corrected chi connectivity index (χ0v) is 12.3. The Morgan fingerprint density at radius 3 is 2.21 bits per heavy atom. The Bertz CT molecular complexity index is 393. The summed E-state index contributed by atoms with van der Waals surface area (Å²) in [6.45, 7) is 2.37. The molecule has 1 aromatic rings. The first-order chi connectivity index (χ1) is 8.10. The van der Waals surface area contributed by atoms with Gasteiger partial charge in [-0.3, -0.25) is 9.69 Å². The van der Waals surface area contributed by atoms with Gasteiger partial charge < -0.3 is 10.8 Å². The van der Waals surface area contributed by atoms with Crippen LogP contribution in [0.5, 0.6) is 0 Å². The lowest BCUT2D eigenvalue weighted by Gasteiger charge is -2.36. The second kappa shape index (κ2) is 7.70. The normalized spacial score (nSPS) is 17.9. The summed E-state index contributed by atoms with van der Waals surface area (Å²) < 4.78 is 0. The number of halogens is 2. The molecule has 1 fully saturated rings. The summed E-state index contributed by atoms with van der Waals surface area (Å²) in [5.74, 6) is -0.878. The number of hydrogen-bond acceptors (Lipinski definition) is 3. The zero-order chi connectivity index (χ0) is 12.3. The van der Waals surface area contributed by atoms with Crippen LogP contribution in [-0.2, 0) is 11.3 Å². The van der Waals surface area contributed by atoms with Gasteiger partial charge in [0.2, 0.25) is 0 Å². The first-order valence-electron chi connectivity index (χ1n) is 5.89. The van der Waals surface area contributed by atoms with Gasteiger partial charge in [0.15, 0.2) is 0 Å². The molecule has 0 spiro atoms. The smallest absolute Gasteiger partial charge is 0.323 e. The van der Waals surface area contributed by atoms with Crippen LogP contribution in [-0.4, -0.2) is 34.6 Å². The van der Waals surface area contributed by atoms with Gasteiger partial charge in [0.05, 0.1) is 0 Å². The summed E-state index contributed by atoms with van der Waals surface area (Å²) in [6.07, 6.45) is 1.05. The van der Waals surface area contributed by atoms with E-state index >= 15 is 0 Å². The molecule has 0 unspecified atom stereocenters. The fourth-order valence-electron chi connectivity index (χ4n) is 2.17. The highest BCUT2D eigenvalue weighted by molar-refractivity contribution is 5.85. The number of carboxylic acid groups (broad SMARTS) is 1. The average Bonchev–Trinajstić information content (AvgIpc) is 2.33. The van der Waals surface area contributed by atoms with Crippen molar-refractivity contribution < 1.29 is 9.90 Å². The summed E-state index contributed by atoms with van der Waals surface area (Å²) in [6, 6.07) is 10.2. The van der Waals surface area contributed by atoms with Crippen LogP contribution in [0.1, 0.15) is 18.4 Å². The highest BCUT2D eigenvalue weighted by Crippen LogP contribution is 2.21. The van der Waals surface area contributed by atoms with E-state index in [9.17, 15) is 4.79 Å². The van der Waals surface area contributed by atoms with E-state index in [-0.39, 0.29) is 24.8 Å². The molecule has 3 N–H and O–H groups in total. The van der Waals surface area contributed by atoms with Crippen LogP contribution in [0.2, 0.25) is 0 Å². The third kappa shape index (κ3) is 4.66. The summed E-state index contributed by atoms with van der Waals surface area (Å²) in [4.78, 5) is 13.3. The van der Waals surface area contributed by atoms with Crippen molar-refractivity contribution in [1.82, 2.24) is 4.90 Å². The molecule has 0 saturated carbocycles. The van der Waals surface area contributed by atoms with E-state index in [0.29, 0.717) is 12.8 Å². The molecule has 0 aromatic heterocycles. The maximum absolute atomic E-state index is 11.0. The van der Waals surface area contributed by atoms with Gasteiger partial charge in [-0.15, -0.1) is 24.8 Å². The summed E-state index contributed by atoms with van der Waals surface area (Å²) in [5.41, 5.74) is 6.07. The summed E-state index contributed by atoms with van der Waals surface area (Å²) >= 11 is 0. The van der Waals surface area contributed by atoms with E-state index in [1.807, 2.05) is 18.2 Å². The van der Waals surface area contributed by atoms with Gasteiger partial charge in [0, 0.05) is 19.6 Å². The predicted molar refractivity (Wildman–Crippen MR) is 80.0 cm³/mol. The number of rotatable bonds is 3. The molecular formula is C13H20Cl2N2O2. The molecule has 19 heavy (non-hydrogen) atoms. The van der Waals surface area contributed by atoms with E-state index in [2.05, 4.69) is 17.0 Å². The third-order valence-electron chi connectivity index (χ3n) is 3.42. The van der Waals surface area contributed by atoms with Crippen LogP contribution in [0.15, 0.2) is 30.3 Å².